The van der Waals surface area contributed by atoms with Crippen LogP contribution in [0.25, 0.3) is 0 Å². The van der Waals surface area contributed by atoms with Crippen LogP contribution < -0.4 is 16.4 Å². The van der Waals surface area contributed by atoms with Gasteiger partial charge in [-0.25, -0.2) is 15.2 Å². The van der Waals surface area contributed by atoms with E-state index in [2.05, 4.69) is 16.4 Å². The van der Waals surface area contributed by atoms with Gasteiger partial charge in [-0.3, -0.25) is 4.79 Å². The number of carbonyl (C=O) groups is 1. The molecule has 0 spiro atoms. The van der Waals surface area contributed by atoms with Gasteiger partial charge in [0.25, 0.3) is 0 Å². The minimum Gasteiger partial charge on any atom is -0.468 e. The lowest BCUT2D eigenvalue weighted by Gasteiger charge is -2.18. The van der Waals surface area contributed by atoms with Gasteiger partial charge in [0, 0.05) is 6.54 Å². The minimum atomic E-state index is -0.477. The second kappa shape index (κ2) is 6.14. The maximum absolute atomic E-state index is 12.9. The van der Waals surface area contributed by atoms with Gasteiger partial charge in [-0.05, 0) is 17.7 Å². The number of hydrogen-bond donors (Lipinski definition) is 3. The number of ether oxygens (including phenoxy) is 1. The molecule has 0 amide bonds. The molecule has 7 heteroatoms. The Bertz CT molecular complexity index is 409. The van der Waals surface area contributed by atoms with E-state index >= 15 is 0 Å². The molecule has 0 radical (unpaired) electrons. The van der Waals surface area contributed by atoms with Crippen molar-refractivity contribution < 1.29 is 13.9 Å². The molecule has 1 aromatic carbocycles. The van der Waals surface area contributed by atoms with Crippen molar-refractivity contribution in [2.75, 3.05) is 13.7 Å². The third kappa shape index (κ3) is 3.20. The van der Waals surface area contributed by atoms with Gasteiger partial charge in [0.1, 0.15) is 11.1 Å². The zero-order valence-corrected chi connectivity index (χ0v) is 10.6. The molecule has 0 aliphatic carbocycles. The molecule has 2 unspecified atom stereocenters. The fourth-order valence-electron chi connectivity index (χ4n) is 1.59. The Morgan fingerprint density at radius 1 is 1.50 bits per heavy atom. The summed E-state index contributed by atoms with van der Waals surface area (Å²) in [7, 11) is 1.35. The zero-order chi connectivity index (χ0) is 13.0. The lowest BCUT2D eigenvalue weighted by atomic mass is 10.1. The Morgan fingerprint density at radius 3 is 2.78 bits per heavy atom. The number of halogens is 1. The smallest absolute Gasteiger partial charge is 0.323 e. The van der Waals surface area contributed by atoms with E-state index in [1.807, 2.05) is 0 Å². The summed E-state index contributed by atoms with van der Waals surface area (Å²) >= 11 is 1.41. The number of esters is 1. The average Bonchev–Trinajstić information content (AvgIpc) is 2.89. The molecule has 0 bridgehead atoms. The molecule has 1 aromatic rings. The third-order valence-electron chi connectivity index (χ3n) is 2.50. The number of methoxy groups -OCH3 is 1. The van der Waals surface area contributed by atoms with E-state index in [0.717, 1.165) is 5.56 Å². The molecule has 0 saturated carbocycles. The first-order valence-corrected chi connectivity index (χ1v) is 6.37. The highest BCUT2D eigenvalue weighted by Crippen LogP contribution is 2.32. The van der Waals surface area contributed by atoms with Crippen LogP contribution in [0.4, 0.5) is 4.39 Å². The second-order valence-electron chi connectivity index (χ2n) is 3.73. The van der Waals surface area contributed by atoms with Gasteiger partial charge in [-0.15, -0.1) is 11.8 Å². The van der Waals surface area contributed by atoms with Crippen LogP contribution in [0.15, 0.2) is 24.3 Å². The molecule has 5 nitrogen and oxygen atoms in total. The fraction of sp³-hybridized carbons (Fsp3) is 0.364. The standard InChI is InChI=1S/C11H14FN3O2S/c1-17-11(16)10(18-9-6-13-15-14-9)7-2-4-8(12)5-3-7/h2-5,9-10,13-15H,6H2,1H3. The molecule has 1 aliphatic heterocycles. The van der Waals surface area contributed by atoms with E-state index in [0.29, 0.717) is 6.54 Å². The van der Waals surface area contributed by atoms with Crippen LogP contribution in [0.2, 0.25) is 0 Å². The van der Waals surface area contributed by atoms with Crippen LogP contribution in [0.3, 0.4) is 0 Å². The quantitative estimate of drug-likeness (QED) is 0.701. The minimum absolute atomic E-state index is 0.0409. The predicted molar refractivity (Wildman–Crippen MR) is 66.8 cm³/mol. The van der Waals surface area contributed by atoms with Gasteiger partial charge >= 0.3 is 5.97 Å². The van der Waals surface area contributed by atoms with Gasteiger partial charge in [0.15, 0.2) is 0 Å². The summed E-state index contributed by atoms with van der Waals surface area (Å²) < 4.78 is 17.7. The summed E-state index contributed by atoms with van der Waals surface area (Å²) in [5.74, 6) is -0.671. The van der Waals surface area contributed by atoms with E-state index in [1.165, 1.54) is 31.0 Å². The number of carbonyl (C=O) groups excluding carboxylic acids is 1. The molecule has 3 N–H and O–H groups in total. The van der Waals surface area contributed by atoms with Gasteiger partial charge in [0.05, 0.1) is 12.5 Å². The highest BCUT2D eigenvalue weighted by molar-refractivity contribution is 8.00. The molecule has 18 heavy (non-hydrogen) atoms. The number of nitrogens with one attached hydrogen (secondary N) is 3. The molecule has 2 atom stereocenters. The van der Waals surface area contributed by atoms with Crippen molar-refractivity contribution in [2.45, 2.75) is 10.6 Å². The maximum Gasteiger partial charge on any atom is 0.323 e. The van der Waals surface area contributed by atoms with Crippen LogP contribution in [-0.2, 0) is 9.53 Å². The predicted octanol–water partition coefficient (Wildman–Crippen LogP) is 0.712. The molecule has 1 heterocycles. The average molecular weight is 271 g/mol. The molecular weight excluding hydrogens is 257 g/mol. The van der Waals surface area contributed by atoms with Crippen molar-refractivity contribution in [1.29, 1.82) is 0 Å². The first kappa shape index (κ1) is 13.3. The van der Waals surface area contributed by atoms with Gasteiger partial charge in [-0.2, -0.15) is 5.53 Å². The Kier molecular flexibility index (Phi) is 4.54. The monoisotopic (exact) mass is 271 g/mol. The Balaban J connectivity index is 2.13. The van der Waals surface area contributed by atoms with Crippen LogP contribution in [0, 0.1) is 5.82 Å². The Hall–Kier alpha value is -1.15. The van der Waals surface area contributed by atoms with E-state index in [-0.39, 0.29) is 17.2 Å². The number of rotatable bonds is 4. The van der Waals surface area contributed by atoms with Gasteiger partial charge in [0.2, 0.25) is 0 Å². The van der Waals surface area contributed by atoms with Crippen molar-refractivity contribution in [3.05, 3.63) is 35.6 Å². The Morgan fingerprint density at radius 2 is 2.22 bits per heavy atom. The first-order valence-electron chi connectivity index (χ1n) is 5.43. The number of thioether (sulfide) groups is 1. The van der Waals surface area contributed by atoms with Gasteiger partial charge < -0.3 is 4.74 Å². The van der Waals surface area contributed by atoms with E-state index in [1.54, 1.807) is 12.1 Å². The van der Waals surface area contributed by atoms with E-state index in [9.17, 15) is 9.18 Å². The normalized spacial score (nSPS) is 20.7. The number of benzene rings is 1. The van der Waals surface area contributed by atoms with Gasteiger partial charge in [-0.1, -0.05) is 12.1 Å². The lowest BCUT2D eigenvalue weighted by Crippen LogP contribution is -2.32. The summed E-state index contributed by atoms with van der Waals surface area (Å²) in [5.41, 5.74) is 9.35. The summed E-state index contributed by atoms with van der Waals surface area (Å²) in [6, 6.07) is 5.87. The van der Waals surface area contributed by atoms with Crippen LogP contribution in [0.5, 0.6) is 0 Å². The lowest BCUT2D eigenvalue weighted by molar-refractivity contribution is -0.140. The van der Waals surface area contributed by atoms with Crippen molar-refractivity contribution in [1.82, 2.24) is 16.4 Å². The second-order valence-corrected chi connectivity index (χ2v) is 5.04. The number of hydrogen-bond acceptors (Lipinski definition) is 6. The van der Waals surface area contributed by atoms with Crippen molar-refractivity contribution in [2.24, 2.45) is 0 Å². The van der Waals surface area contributed by atoms with Crippen molar-refractivity contribution >= 4 is 17.7 Å². The van der Waals surface area contributed by atoms with Crippen LogP contribution in [0.1, 0.15) is 10.8 Å². The van der Waals surface area contributed by atoms with E-state index < -0.39 is 5.25 Å². The molecule has 1 aliphatic rings. The highest BCUT2D eigenvalue weighted by atomic mass is 32.2. The molecule has 0 aromatic heterocycles. The molecule has 2 rings (SSSR count). The highest BCUT2D eigenvalue weighted by Gasteiger charge is 2.27. The summed E-state index contributed by atoms with van der Waals surface area (Å²) in [6.45, 7) is 0.680. The number of hydrazine groups is 2. The third-order valence-corrected chi connectivity index (χ3v) is 3.85. The first-order chi connectivity index (χ1) is 8.70. The largest absolute Gasteiger partial charge is 0.468 e. The summed E-state index contributed by atoms with van der Waals surface area (Å²) in [5, 5.41) is -0.436. The Labute approximate surface area is 108 Å². The fourth-order valence-corrected chi connectivity index (χ4v) is 2.74. The molecular formula is C11H14FN3O2S. The van der Waals surface area contributed by atoms with E-state index in [4.69, 9.17) is 4.74 Å². The molecule has 98 valence electrons. The van der Waals surface area contributed by atoms with Crippen molar-refractivity contribution in [3.63, 3.8) is 0 Å². The summed E-state index contributed by atoms with van der Waals surface area (Å²) in [4.78, 5) is 11.8. The van der Waals surface area contributed by atoms with Crippen LogP contribution in [-0.4, -0.2) is 25.0 Å². The molecule has 1 fully saturated rings. The SMILES string of the molecule is COC(=O)C(SC1CNNN1)c1ccc(F)cc1. The molecule has 1 saturated heterocycles. The maximum atomic E-state index is 12.9. The van der Waals surface area contributed by atoms with Crippen LogP contribution >= 0.6 is 11.8 Å². The topological polar surface area (TPSA) is 62.4 Å². The zero-order valence-electron chi connectivity index (χ0n) is 9.77. The van der Waals surface area contributed by atoms with Crippen molar-refractivity contribution in [3.8, 4) is 0 Å². The summed E-state index contributed by atoms with van der Waals surface area (Å²) in [6.07, 6.45) is 0.